The van der Waals surface area contributed by atoms with Crippen molar-refractivity contribution in [2.45, 2.75) is 58.1 Å². The van der Waals surface area contributed by atoms with Crippen LogP contribution in [0.5, 0.6) is 0 Å². The van der Waals surface area contributed by atoms with E-state index in [1.54, 1.807) is 0 Å². The second kappa shape index (κ2) is 6.69. The third-order valence-corrected chi connectivity index (χ3v) is 4.12. The number of hydrogen-bond acceptors (Lipinski definition) is 3. The molecule has 0 aromatic heterocycles. The number of alkyl carbamates (subject to hydrolysis) is 1. The molecular formula is C18H28N2O2. The number of ether oxygens (including phenoxy) is 1. The quantitative estimate of drug-likeness (QED) is 0.895. The average molecular weight is 304 g/mol. The van der Waals surface area contributed by atoms with Gasteiger partial charge in [0.1, 0.15) is 5.60 Å². The fourth-order valence-electron chi connectivity index (χ4n) is 3.19. The van der Waals surface area contributed by atoms with Gasteiger partial charge in [0.15, 0.2) is 0 Å². The molecule has 1 amide bonds. The fourth-order valence-corrected chi connectivity index (χ4v) is 3.19. The normalized spacial score (nSPS) is 21.6. The summed E-state index contributed by atoms with van der Waals surface area (Å²) in [5.41, 5.74) is 2.16. The van der Waals surface area contributed by atoms with E-state index in [-0.39, 0.29) is 11.6 Å². The van der Waals surface area contributed by atoms with Gasteiger partial charge in [0.05, 0.1) is 0 Å². The zero-order valence-electron chi connectivity index (χ0n) is 14.2. The lowest BCUT2D eigenvalue weighted by molar-refractivity contribution is 0.0523. The van der Waals surface area contributed by atoms with Crippen molar-refractivity contribution < 1.29 is 9.53 Å². The molecule has 0 saturated carbocycles. The molecule has 1 atom stereocenters. The maximum Gasteiger partial charge on any atom is 0.407 e. The molecule has 22 heavy (non-hydrogen) atoms. The Labute approximate surface area is 133 Å². The van der Waals surface area contributed by atoms with Gasteiger partial charge in [-0.25, -0.2) is 4.79 Å². The van der Waals surface area contributed by atoms with Crippen molar-refractivity contribution in [2.24, 2.45) is 0 Å². The van der Waals surface area contributed by atoms with Crippen LogP contribution in [0.3, 0.4) is 0 Å². The van der Waals surface area contributed by atoms with Crippen molar-refractivity contribution in [2.75, 3.05) is 13.1 Å². The van der Waals surface area contributed by atoms with E-state index in [0.29, 0.717) is 6.54 Å². The molecule has 1 aliphatic heterocycles. The molecule has 1 aromatic rings. The summed E-state index contributed by atoms with van der Waals surface area (Å²) in [5.74, 6) is 0. The maximum atomic E-state index is 11.8. The van der Waals surface area contributed by atoms with E-state index >= 15 is 0 Å². The molecule has 0 spiro atoms. The summed E-state index contributed by atoms with van der Waals surface area (Å²) in [6.45, 7) is 9.41. The lowest BCUT2D eigenvalue weighted by Gasteiger charge is -2.32. The summed E-state index contributed by atoms with van der Waals surface area (Å²) in [4.78, 5) is 11.8. The van der Waals surface area contributed by atoms with Crippen molar-refractivity contribution in [3.8, 4) is 0 Å². The molecule has 1 saturated heterocycles. The van der Waals surface area contributed by atoms with E-state index in [9.17, 15) is 4.79 Å². The number of hydrogen-bond donors (Lipinski definition) is 2. The third kappa shape index (κ3) is 4.23. The van der Waals surface area contributed by atoms with Gasteiger partial charge in [-0.05, 0) is 64.6 Å². The molecule has 0 bridgehead atoms. The fraction of sp³-hybridized carbons (Fsp3) is 0.611. The molecule has 1 fully saturated rings. The Morgan fingerprint density at radius 1 is 1.36 bits per heavy atom. The predicted molar refractivity (Wildman–Crippen MR) is 88.9 cm³/mol. The number of rotatable bonds is 4. The SMILES string of the molecule is Cc1ccccc1C1(CCNC(=O)OC(C)(C)C)CCCN1. The Kier molecular flexibility index (Phi) is 5.12. The van der Waals surface area contributed by atoms with E-state index in [0.717, 1.165) is 19.4 Å². The van der Waals surface area contributed by atoms with Gasteiger partial charge in [0.2, 0.25) is 0 Å². The Bertz CT molecular complexity index is 514. The van der Waals surface area contributed by atoms with Crippen molar-refractivity contribution in [3.63, 3.8) is 0 Å². The van der Waals surface area contributed by atoms with E-state index < -0.39 is 5.60 Å². The average Bonchev–Trinajstić information content (AvgIpc) is 2.87. The summed E-state index contributed by atoms with van der Waals surface area (Å²) in [6.07, 6.45) is 2.80. The maximum absolute atomic E-state index is 11.8. The van der Waals surface area contributed by atoms with Gasteiger partial charge < -0.3 is 15.4 Å². The highest BCUT2D eigenvalue weighted by atomic mass is 16.6. The molecule has 0 radical (unpaired) electrons. The number of amides is 1. The summed E-state index contributed by atoms with van der Waals surface area (Å²) in [7, 11) is 0. The molecule has 1 aromatic carbocycles. The standard InChI is InChI=1S/C18H28N2O2/c1-14-8-5-6-9-15(14)18(10-7-12-20-18)11-13-19-16(21)22-17(2,3)4/h5-6,8-9,20H,7,10-13H2,1-4H3,(H,19,21). The zero-order chi connectivity index (χ0) is 16.2. The minimum absolute atomic E-state index is 0.0274. The van der Waals surface area contributed by atoms with Crippen LogP contribution in [0.1, 0.15) is 51.2 Å². The van der Waals surface area contributed by atoms with Crippen LogP contribution >= 0.6 is 0 Å². The number of carbonyl (C=O) groups excluding carboxylic acids is 1. The van der Waals surface area contributed by atoms with Crippen molar-refractivity contribution in [1.82, 2.24) is 10.6 Å². The van der Waals surface area contributed by atoms with E-state index in [1.807, 2.05) is 20.8 Å². The topological polar surface area (TPSA) is 50.4 Å². The summed E-state index contributed by atoms with van der Waals surface area (Å²) in [6, 6.07) is 8.51. The molecule has 0 aliphatic carbocycles. The molecular weight excluding hydrogens is 276 g/mol. The summed E-state index contributed by atoms with van der Waals surface area (Å²) in [5, 5.41) is 6.54. The monoisotopic (exact) mass is 304 g/mol. The third-order valence-electron chi connectivity index (χ3n) is 4.12. The first kappa shape index (κ1) is 16.8. The number of carbonyl (C=O) groups is 1. The highest BCUT2D eigenvalue weighted by molar-refractivity contribution is 5.67. The predicted octanol–water partition coefficient (Wildman–Crippen LogP) is 3.49. The summed E-state index contributed by atoms with van der Waals surface area (Å²) >= 11 is 0. The van der Waals surface area contributed by atoms with Crippen molar-refractivity contribution in [1.29, 1.82) is 0 Å². The van der Waals surface area contributed by atoms with Gasteiger partial charge in [-0.1, -0.05) is 24.3 Å². The number of aryl methyl sites for hydroxylation is 1. The van der Waals surface area contributed by atoms with Crippen LogP contribution in [-0.2, 0) is 10.3 Å². The van der Waals surface area contributed by atoms with Gasteiger partial charge in [-0.2, -0.15) is 0 Å². The van der Waals surface area contributed by atoms with Crippen LogP contribution in [0.25, 0.3) is 0 Å². The molecule has 1 heterocycles. The highest BCUT2D eigenvalue weighted by Gasteiger charge is 2.35. The molecule has 2 N–H and O–H groups in total. The van der Waals surface area contributed by atoms with Crippen LogP contribution in [0.15, 0.2) is 24.3 Å². The first-order valence-electron chi connectivity index (χ1n) is 8.10. The minimum Gasteiger partial charge on any atom is -0.444 e. The van der Waals surface area contributed by atoms with Gasteiger partial charge in [0, 0.05) is 12.1 Å². The Hall–Kier alpha value is -1.55. The minimum atomic E-state index is -0.455. The first-order valence-corrected chi connectivity index (χ1v) is 8.10. The Balaban J connectivity index is 1.99. The Morgan fingerprint density at radius 2 is 2.09 bits per heavy atom. The van der Waals surface area contributed by atoms with Crippen molar-refractivity contribution >= 4 is 6.09 Å². The van der Waals surface area contributed by atoms with E-state index in [4.69, 9.17) is 4.74 Å². The molecule has 4 heteroatoms. The van der Waals surface area contributed by atoms with Crippen LogP contribution in [0.4, 0.5) is 4.79 Å². The van der Waals surface area contributed by atoms with Gasteiger partial charge in [0.25, 0.3) is 0 Å². The number of nitrogens with one attached hydrogen (secondary N) is 2. The smallest absolute Gasteiger partial charge is 0.407 e. The van der Waals surface area contributed by atoms with E-state index in [1.165, 1.54) is 17.5 Å². The van der Waals surface area contributed by atoms with Gasteiger partial charge >= 0.3 is 6.09 Å². The highest BCUT2D eigenvalue weighted by Crippen LogP contribution is 2.35. The van der Waals surface area contributed by atoms with Crippen LogP contribution < -0.4 is 10.6 Å². The van der Waals surface area contributed by atoms with Crippen LogP contribution in [0, 0.1) is 6.92 Å². The van der Waals surface area contributed by atoms with E-state index in [2.05, 4.69) is 41.8 Å². The second-order valence-electron chi connectivity index (χ2n) is 7.11. The Morgan fingerprint density at radius 3 is 2.68 bits per heavy atom. The molecule has 1 aliphatic rings. The van der Waals surface area contributed by atoms with Crippen LogP contribution in [0.2, 0.25) is 0 Å². The first-order chi connectivity index (χ1) is 10.3. The molecule has 4 nitrogen and oxygen atoms in total. The molecule has 122 valence electrons. The zero-order valence-corrected chi connectivity index (χ0v) is 14.2. The lowest BCUT2D eigenvalue weighted by atomic mass is 9.83. The molecule has 2 rings (SSSR count). The number of benzene rings is 1. The lowest BCUT2D eigenvalue weighted by Crippen LogP contribution is -2.42. The van der Waals surface area contributed by atoms with Gasteiger partial charge in [-0.15, -0.1) is 0 Å². The molecule has 1 unspecified atom stereocenters. The van der Waals surface area contributed by atoms with Crippen LogP contribution in [-0.4, -0.2) is 24.8 Å². The largest absolute Gasteiger partial charge is 0.444 e. The van der Waals surface area contributed by atoms with Crippen molar-refractivity contribution in [3.05, 3.63) is 35.4 Å². The second-order valence-corrected chi connectivity index (χ2v) is 7.11. The summed E-state index contributed by atoms with van der Waals surface area (Å²) < 4.78 is 5.29. The van der Waals surface area contributed by atoms with Gasteiger partial charge in [-0.3, -0.25) is 0 Å².